The molecule has 0 amide bonds. The molecule has 0 bridgehead atoms. The Morgan fingerprint density at radius 1 is 1.17 bits per heavy atom. The van der Waals surface area contributed by atoms with Gasteiger partial charge < -0.3 is 15.9 Å². The van der Waals surface area contributed by atoms with Crippen LogP contribution in [-0.2, 0) is 0 Å². The molecule has 6 heteroatoms. The van der Waals surface area contributed by atoms with Gasteiger partial charge in [0.1, 0.15) is 5.69 Å². The third kappa shape index (κ3) is 3.95. The molecule has 0 saturated carbocycles. The third-order valence-corrected chi connectivity index (χ3v) is 3.93. The van der Waals surface area contributed by atoms with Crippen LogP contribution in [0.25, 0.3) is 11.3 Å². The summed E-state index contributed by atoms with van der Waals surface area (Å²) in [6, 6.07) is 7.28. The molecule has 0 aliphatic heterocycles. The van der Waals surface area contributed by atoms with Crippen LogP contribution in [0.4, 0.5) is 5.69 Å². The van der Waals surface area contributed by atoms with Gasteiger partial charge in [-0.2, -0.15) is 0 Å². The van der Waals surface area contributed by atoms with Crippen molar-refractivity contribution in [2.24, 2.45) is 0 Å². The van der Waals surface area contributed by atoms with Crippen molar-refractivity contribution in [1.82, 2.24) is 4.98 Å². The van der Waals surface area contributed by atoms with Crippen LogP contribution in [-0.4, -0.2) is 15.2 Å². The fraction of sp³-hybridized carbons (Fsp3) is 0.235. The van der Waals surface area contributed by atoms with Gasteiger partial charge in [0.25, 0.3) is 0 Å². The molecule has 0 unspecified atom stereocenters. The van der Waals surface area contributed by atoms with Gasteiger partial charge in [-0.3, -0.25) is 0 Å². The summed E-state index contributed by atoms with van der Waals surface area (Å²) in [5.74, 6) is 6.13. The fourth-order valence-corrected chi connectivity index (χ4v) is 2.47. The second kappa shape index (κ2) is 7.67. The number of halogens is 2. The van der Waals surface area contributed by atoms with Crippen LogP contribution in [0, 0.1) is 11.8 Å². The van der Waals surface area contributed by atoms with Crippen molar-refractivity contribution < 1.29 is 10.2 Å². The molecule has 0 fully saturated rings. The van der Waals surface area contributed by atoms with Gasteiger partial charge in [0.15, 0.2) is 6.29 Å². The van der Waals surface area contributed by atoms with Crippen molar-refractivity contribution in [1.29, 1.82) is 0 Å². The van der Waals surface area contributed by atoms with Crippen molar-refractivity contribution >= 4 is 28.9 Å². The van der Waals surface area contributed by atoms with E-state index in [1.807, 2.05) is 12.1 Å². The van der Waals surface area contributed by atoms with Crippen LogP contribution >= 0.6 is 23.2 Å². The largest absolute Gasteiger partial charge is 0.396 e. The molecule has 23 heavy (non-hydrogen) atoms. The summed E-state index contributed by atoms with van der Waals surface area (Å²) in [5.41, 5.74) is 7.65. The number of aliphatic hydroxyl groups is 2. The quantitative estimate of drug-likeness (QED) is 0.581. The van der Waals surface area contributed by atoms with E-state index >= 15 is 0 Å². The highest BCUT2D eigenvalue weighted by Crippen LogP contribution is 2.38. The lowest BCUT2D eigenvalue weighted by atomic mass is 10.1. The van der Waals surface area contributed by atoms with Crippen LogP contribution in [0.2, 0.25) is 10.0 Å². The number of pyridine rings is 1. The maximum Gasteiger partial charge on any atom is 0.197 e. The van der Waals surface area contributed by atoms with Crippen LogP contribution in [0.15, 0.2) is 24.3 Å². The van der Waals surface area contributed by atoms with E-state index in [2.05, 4.69) is 23.7 Å². The van der Waals surface area contributed by atoms with Gasteiger partial charge in [-0.1, -0.05) is 54.1 Å². The van der Waals surface area contributed by atoms with Crippen molar-refractivity contribution in [3.63, 3.8) is 0 Å². The fourth-order valence-electron chi connectivity index (χ4n) is 1.94. The highest BCUT2D eigenvalue weighted by molar-refractivity contribution is 6.40. The van der Waals surface area contributed by atoms with Crippen LogP contribution in [0.5, 0.6) is 0 Å². The van der Waals surface area contributed by atoms with Crippen molar-refractivity contribution in [3.05, 3.63) is 45.6 Å². The lowest BCUT2D eigenvalue weighted by Crippen LogP contribution is -2.05. The zero-order chi connectivity index (χ0) is 17.0. The number of hydrogen-bond donors (Lipinski definition) is 3. The monoisotopic (exact) mass is 350 g/mol. The van der Waals surface area contributed by atoms with Crippen molar-refractivity contribution in [2.75, 3.05) is 5.73 Å². The number of hydrogen-bond acceptors (Lipinski definition) is 4. The zero-order valence-corrected chi connectivity index (χ0v) is 14.0. The molecule has 1 heterocycles. The standard InChI is InChI=1S/C17H16Cl2N2O2/c1-2-3-4-5-10-6-8-11(9-7-10)15-12(18)14(20)13(19)16(21-15)17(22)23/h6-9,17,22-23H,2-3H2,1H3,(H2,20,21). The Balaban J connectivity index is 2.45. The van der Waals surface area contributed by atoms with Crippen LogP contribution < -0.4 is 5.73 Å². The van der Waals surface area contributed by atoms with E-state index in [4.69, 9.17) is 28.9 Å². The molecule has 1 aromatic carbocycles. The number of anilines is 1. The highest BCUT2D eigenvalue weighted by atomic mass is 35.5. The molecule has 2 rings (SSSR count). The van der Waals surface area contributed by atoms with E-state index in [9.17, 15) is 10.2 Å². The molecule has 0 saturated heterocycles. The number of nitrogen functional groups attached to an aromatic ring is 1. The van der Waals surface area contributed by atoms with E-state index < -0.39 is 6.29 Å². The molecular weight excluding hydrogens is 335 g/mol. The third-order valence-electron chi connectivity index (χ3n) is 3.15. The first-order chi connectivity index (χ1) is 11.0. The lowest BCUT2D eigenvalue weighted by molar-refractivity contribution is -0.0456. The number of nitrogens with two attached hydrogens (primary N) is 1. The summed E-state index contributed by atoms with van der Waals surface area (Å²) in [4.78, 5) is 4.13. The summed E-state index contributed by atoms with van der Waals surface area (Å²) in [6.45, 7) is 2.07. The molecule has 0 aliphatic carbocycles. The maximum absolute atomic E-state index is 9.35. The van der Waals surface area contributed by atoms with E-state index in [1.165, 1.54) is 0 Å². The van der Waals surface area contributed by atoms with Gasteiger partial charge in [-0.05, 0) is 18.6 Å². The van der Waals surface area contributed by atoms with Gasteiger partial charge in [-0.15, -0.1) is 0 Å². The number of benzene rings is 1. The van der Waals surface area contributed by atoms with Crippen molar-refractivity contribution in [2.45, 2.75) is 26.1 Å². The van der Waals surface area contributed by atoms with Gasteiger partial charge in [0, 0.05) is 17.5 Å². The minimum atomic E-state index is -1.83. The highest BCUT2D eigenvalue weighted by Gasteiger charge is 2.20. The van der Waals surface area contributed by atoms with Crippen LogP contribution in [0.1, 0.15) is 37.3 Å². The van der Waals surface area contributed by atoms with E-state index in [0.717, 1.165) is 18.4 Å². The molecule has 4 nitrogen and oxygen atoms in total. The molecule has 1 aromatic heterocycles. The number of nitrogens with zero attached hydrogens (tertiary/aromatic N) is 1. The minimum absolute atomic E-state index is 0.0594. The van der Waals surface area contributed by atoms with Crippen LogP contribution in [0.3, 0.4) is 0 Å². The molecule has 2 aromatic rings. The molecule has 0 spiro atoms. The van der Waals surface area contributed by atoms with Gasteiger partial charge >= 0.3 is 0 Å². The Labute approximate surface area is 144 Å². The topological polar surface area (TPSA) is 79.4 Å². The Morgan fingerprint density at radius 2 is 1.83 bits per heavy atom. The Bertz CT molecular complexity index is 763. The summed E-state index contributed by atoms with van der Waals surface area (Å²) in [6.07, 6.45) is 0.0293. The predicted octanol–water partition coefficient (Wildman–Crippen LogP) is 3.77. The molecule has 120 valence electrons. The minimum Gasteiger partial charge on any atom is -0.396 e. The molecule has 0 radical (unpaired) electrons. The van der Waals surface area contributed by atoms with Crippen molar-refractivity contribution in [3.8, 4) is 23.1 Å². The van der Waals surface area contributed by atoms with E-state index in [0.29, 0.717) is 11.3 Å². The zero-order valence-electron chi connectivity index (χ0n) is 12.5. The number of aromatic nitrogens is 1. The molecule has 4 N–H and O–H groups in total. The van der Waals surface area contributed by atoms with E-state index in [1.54, 1.807) is 12.1 Å². The molecule has 0 aliphatic rings. The Morgan fingerprint density at radius 3 is 2.39 bits per heavy atom. The maximum atomic E-state index is 9.35. The number of rotatable bonds is 3. The second-order valence-electron chi connectivity index (χ2n) is 4.89. The molecule has 0 atom stereocenters. The summed E-state index contributed by atoms with van der Waals surface area (Å²) >= 11 is 12.1. The second-order valence-corrected chi connectivity index (χ2v) is 5.65. The smallest absolute Gasteiger partial charge is 0.197 e. The van der Waals surface area contributed by atoms with Gasteiger partial charge in [0.2, 0.25) is 0 Å². The van der Waals surface area contributed by atoms with Gasteiger partial charge in [-0.25, -0.2) is 4.98 Å². The number of unbranched alkanes of at least 4 members (excludes halogenated alkanes) is 1. The molecular formula is C17H16Cl2N2O2. The average molecular weight is 351 g/mol. The first-order valence-electron chi connectivity index (χ1n) is 7.05. The average Bonchev–Trinajstić information content (AvgIpc) is 2.54. The summed E-state index contributed by atoms with van der Waals surface area (Å²) in [7, 11) is 0. The predicted molar refractivity (Wildman–Crippen MR) is 93.1 cm³/mol. The SMILES string of the molecule is CCCC#Cc1ccc(-c2nc(C(O)O)c(Cl)c(N)c2Cl)cc1. The number of aliphatic hydroxyl groups excluding tert-OH is 1. The Kier molecular flexibility index (Phi) is 5.86. The normalized spacial score (nSPS) is 10.5. The van der Waals surface area contributed by atoms with E-state index in [-0.39, 0.29) is 21.4 Å². The Hall–Kier alpha value is -1.77. The first-order valence-corrected chi connectivity index (χ1v) is 7.81. The summed E-state index contributed by atoms with van der Waals surface area (Å²) in [5, 5.41) is 18.8. The lowest BCUT2D eigenvalue weighted by Gasteiger charge is -2.13. The summed E-state index contributed by atoms with van der Waals surface area (Å²) < 4.78 is 0. The van der Waals surface area contributed by atoms with Gasteiger partial charge in [0.05, 0.1) is 21.4 Å². The first kappa shape index (κ1) is 17.6.